The van der Waals surface area contributed by atoms with Gasteiger partial charge in [-0.2, -0.15) is 0 Å². The number of aliphatic hydroxyl groups is 4. The predicted octanol–water partition coefficient (Wildman–Crippen LogP) is 9.19. The molecule has 1 aliphatic heterocycles. The first-order chi connectivity index (χ1) is 22.9. The van der Waals surface area contributed by atoms with Crippen LogP contribution >= 0.6 is 0 Å². The van der Waals surface area contributed by atoms with Crippen molar-refractivity contribution in [2.24, 2.45) is 0 Å². The first-order valence-corrected chi connectivity index (χ1v) is 20.1. The summed E-state index contributed by atoms with van der Waals surface area (Å²) >= 11 is 0. The Morgan fingerprint density at radius 3 is 1.38 bits per heavy atom. The Labute approximate surface area is 289 Å². The number of hydrogen-bond acceptors (Lipinski definition) is 7. The van der Waals surface area contributed by atoms with Crippen LogP contribution in [0.2, 0.25) is 0 Å². The van der Waals surface area contributed by atoms with E-state index in [1.54, 1.807) is 0 Å². The van der Waals surface area contributed by atoms with E-state index in [0.717, 1.165) is 44.9 Å². The minimum atomic E-state index is -1.53. The Hall–Kier alpha value is -0.930. The van der Waals surface area contributed by atoms with E-state index in [-0.39, 0.29) is 6.10 Å². The largest absolute Gasteiger partial charge is 0.446 e. The van der Waals surface area contributed by atoms with Crippen LogP contribution in [0.1, 0.15) is 194 Å². The van der Waals surface area contributed by atoms with E-state index in [4.69, 9.17) is 9.47 Å². The SMILES string of the molecule is CCCCCCCCCCCCCCCCCCN(C(=O)OC(C)CCCCCCCCCCCC)C1O[C@H](CO)[C@@H](O)[C@H](O)[C@H]1O. The lowest BCUT2D eigenvalue weighted by atomic mass is 9.97. The van der Waals surface area contributed by atoms with Crippen molar-refractivity contribution >= 4 is 6.09 Å². The maximum Gasteiger partial charge on any atom is 0.412 e. The lowest BCUT2D eigenvalue weighted by Gasteiger charge is -2.44. The van der Waals surface area contributed by atoms with Crippen LogP contribution in [-0.2, 0) is 9.47 Å². The minimum absolute atomic E-state index is 0.283. The number of ether oxygens (including phenoxy) is 2. The zero-order chi connectivity index (χ0) is 34.5. The third kappa shape index (κ3) is 21.0. The minimum Gasteiger partial charge on any atom is -0.446 e. The molecule has 8 nitrogen and oxygen atoms in total. The molecule has 1 saturated heterocycles. The van der Waals surface area contributed by atoms with Crippen LogP contribution in [0, 0.1) is 0 Å². The Balaban J connectivity index is 2.38. The number of hydrogen-bond donors (Lipinski definition) is 4. The molecule has 1 rings (SSSR count). The summed E-state index contributed by atoms with van der Waals surface area (Å²) in [6.45, 7) is 6.18. The molecule has 0 aromatic rings. The summed E-state index contributed by atoms with van der Waals surface area (Å²) < 4.78 is 11.6. The molecule has 0 radical (unpaired) electrons. The Morgan fingerprint density at radius 2 is 0.979 bits per heavy atom. The second kappa shape index (κ2) is 29.9. The number of carbonyl (C=O) groups is 1. The van der Waals surface area contributed by atoms with Gasteiger partial charge >= 0.3 is 6.09 Å². The van der Waals surface area contributed by atoms with E-state index in [9.17, 15) is 25.2 Å². The summed E-state index contributed by atoms with van der Waals surface area (Å²) in [7, 11) is 0. The average molecular weight is 672 g/mol. The van der Waals surface area contributed by atoms with Crippen molar-refractivity contribution in [3.05, 3.63) is 0 Å². The van der Waals surface area contributed by atoms with Crippen molar-refractivity contribution < 1.29 is 34.7 Å². The summed E-state index contributed by atoms with van der Waals surface area (Å²) in [6, 6.07) is 0. The van der Waals surface area contributed by atoms with Gasteiger partial charge in [0.15, 0.2) is 6.23 Å². The van der Waals surface area contributed by atoms with Crippen molar-refractivity contribution in [2.75, 3.05) is 13.2 Å². The van der Waals surface area contributed by atoms with E-state index >= 15 is 0 Å². The molecule has 0 aromatic heterocycles. The zero-order valence-electron chi connectivity index (χ0n) is 30.9. The van der Waals surface area contributed by atoms with Crippen LogP contribution in [0.3, 0.4) is 0 Å². The lowest BCUT2D eigenvalue weighted by molar-refractivity contribution is -0.259. The van der Waals surface area contributed by atoms with Gasteiger partial charge in [0.25, 0.3) is 0 Å². The fourth-order valence-corrected chi connectivity index (χ4v) is 6.71. The van der Waals surface area contributed by atoms with E-state index in [0.29, 0.717) is 6.54 Å². The van der Waals surface area contributed by atoms with Crippen LogP contribution in [-0.4, -0.2) is 81.3 Å². The van der Waals surface area contributed by atoms with Crippen molar-refractivity contribution in [2.45, 2.75) is 231 Å². The molecular weight excluding hydrogens is 594 g/mol. The van der Waals surface area contributed by atoms with Gasteiger partial charge in [0.1, 0.15) is 30.5 Å². The van der Waals surface area contributed by atoms with Gasteiger partial charge in [-0.25, -0.2) is 4.79 Å². The molecule has 1 amide bonds. The van der Waals surface area contributed by atoms with Gasteiger partial charge in [-0.05, 0) is 26.2 Å². The van der Waals surface area contributed by atoms with E-state index in [2.05, 4.69) is 13.8 Å². The highest BCUT2D eigenvalue weighted by Gasteiger charge is 2.47. The maximum absolute atomic E-state index is 13.4. The highest BCUT2D eigenvalue weighted by molar-refractivity contribution is 5.68. The molecule has 0 aromatic carbocycles. The number of unbranched alkanes of at least 4 members (excludes halogenated alkanes) is 24. The second-order valence-corrected chi connectivity index (χ2v) is 14.4. The van der Waals surface area contributed by atoms with E-state index < -0.39 is 43.3 Å². The van der Waals surface area contributed by atoms with E-state index in [1.807, 2.05) is 6.92 Å². The van der Waals surface area contributed by atoms with Gasteiger partial charge in [-0.3, -0.25) is 4.90 Å². The summed E-state index contributed by atoms with van der Waals surface area (Å²) in [5.74, 6) is 0. The van der Waals surface area contributed by atoms with Crippen molar-refractivity contribution in [3.8, 4) is 0 Å². The fourth-order valence-electron chi connectivity index (χ4n) is 6.71. The third-order valence-corrected chi connectivity index (χ3v) is 9.93. The molecular formula is C39H77NO7. The third-order valence-electron chi connectivity index (χ3n) is 9.93. The molecule has 0 spiro atoms. The predicted molar refractivity (Wildman–Crippen MR) is 192 cm³/mol. The van der Waals surface area contributed by atoms with Crippen LogP contribution in [0.15, 0.2) is 0 Å². The summed E-state index contributed by atoms with van der Waals surface area (Å²) in [5, 5.41) is 41.1. The molecule has 47 heavy (non-hydrogen) atoms. The molecule has 0 saturated carbocycles. The van der Waals surface area contributed by atoms with Gasteiger partial charge in [-0.15, -0.1) is 0 Å². The topological polar surface area (TPSA) is 120 Å². The van der Waals surface area contributed by atoms with Gasteiger partial charge in [0, 0.05) is 6.54 Å². The zero-order valence-corrected chi connectivity index (χ0v) is 30.9. The smallest absolute Gasteiger partial charge is 0.412 e. The molecule has 1 aliphatic rings. The molecule has 280 valence electrons. The van der Waals surface area contributed by atoms with E-state index in [1.165, 1.54) is 133 Å². The summed E-state index contributed by atoms with van der Waals surface area (Å²) in [4.78, 5) is 14.7. The average Bonchev–Trinajstić information content (AvgIpc) is 3.06. The molecule has 0 bridgehead atoms. The molecule has 1 heterocycles. The molecule has 4 N–H and O–H groups in total. The number of carbonyl (C=O) groups excluding carboxylic acids is 1. The lowest BCUT2D eigenvalue weighted by Crippen LogP contribution is -2.64. The Morgan fingerprint density at radius 1 is 0.596 bits per heavy atom. The molecule has 6 atom stereocenters. The van der Waals surface area contributed by atoms with Crippen molar-refractivity contribution in [3.63, 3.8) is 0 Å². The van der Waals surface area contributed by atoms with Crippen LogP contribution in [0.4, 0.5) is 4.79 Å². The molecule has 0 aliphatic carbocycles. The van der Waals surface area contributed by atoms with Gasteiger partial charge in [-0.1, -0.05) is 168 Å². The molecule has 2 unspecified atom stereocenters. The van der Waals surface area contributed by atoms with Gasteiger partial charge in [0.2, 0.25) is 0 Å². The number of aliphatic hydroxyl groups excluding tert-OH is 4. The Kier molecular flexibility index (Phi) is 28.1. The maximum atomic E-state index is 13.4. The van der Waals surface area contributed by atoms with Crippen molar-refractivity contribution in [1.29, 1.82) is 0 Å². The highest BCUT2D eigenvalue weighted by atomic mass is 16.6. The Bertz CT molecular complexity index is 709. The van der Waals surface area contributed by atoms with Crippen LogP contribution in [0.25, 0.3) is 0 Å². The summed E-state index contributed by atoms with van der Waals surface area (Å²) in [6.07, 6.45) is 25.6. The quantitative estimate of drug-likeness (QED) is 0.0543. The van der Waals surface area contributed by atoms with Crippen molar-refractivity contribution in [1.82, 2.24) is 4.90 Å². The first kappa shape index (κ1) is 44.1. The van der Waals surface area contributed by atoms with Crippen LogP contribution < -0.4 is 0 Å². The molecule has 8 heteroatoms. The number of nitrogens with zero attached hydrogens (tertiary/aromatic N) is 1. The van der Waals surface area contributed by atoms with Gasteiger partial charge in [0.05, 0.1) is 6.61 Å². The normalized spacial score (nSPS) is 22.0. The highest BCUT2D eigenvalue weighted by Crippen LogP contribution is 2.26. The first-order valence-electron chi connectivity index (χ1n) is 20.1. The second-order valence-electron chi connectivity index (χ2n) is 14.4. The fraction of sp³-hybridized carbons (Fsp3) is 0.974. The summed E-state index contributed by atoms with van der Waals surface area (Å²) in [5.41, 5.74) is 0. The monoisotopic (exact) mass is 672 g/mol. The van der Waals surface area contributed by atoms with Gasteiger partial charge < -0.3 is 29.9 Å². The standard InChI is InChI=1S/C39H77NO7/c1-4-6-8-10-12-14-16-17-18-19-20-21-23-25-27-29-31-40(38-37(44)36(43)35(42)34(32-41)47-38)39(45)46-33(3)30-28-26-24-22-15-13-11-9-7-5-2/h33-38,41-44H,4-32H2,1-3H3/t33?,34-,35-,36+,37-,38?/m1/s1. The number of amides is 1. The number of rotatable bonds is 31. The van der Waals surface area contributed by atoms with Crippen LogP contribution in [0.5, 0.6) is 0 Å². The molecule has 1 fully saturated rings.